The van der Waals surface area contributed by atoms with E-state index in [1.165, 1.54) is 10.7 Å². The molecule has 0 amide bonds. The highest BCUT2D eigenvalue weighted by molar-refractivity contribution is 8.13. The maximum absolute atomic E-state index is 11.6. The molecule has 2 heterocycles. The number of aryl methyl sites for hydroxylation is 1. The van der Waals surface area contributed by atoms with Gasteiger partial charge < -0.3 is 22.1 Å². The maximum atomic E-state index is 11.6. The number of anilines is 1. The Morgan fingerprint density at radius 1 is 1.12 bits per heavy atom. The molecule has 0 fully saturated rings. The van der Waals surface area contributed by atoms with Crippen molar-refractivity contribution >= 4 is 22.6 Å². The minimum absolute atomic E-state index is 0. The molecular weight excluding hydrogens is 396 g/mol. The van der Waals surface area contributed by atoms with Crippen LogP contribution >= 0.6 is 11.8 Å². The number of β-amino-alcohol motifs (C(OH)–C–C–N with tert-alkyl or cyclic N) is 1. The standard InChI is InChI=1S/C20H23N2OS.BrH/c1-2-16-9-11-17(12-10-16)20(23)15-21(18-7-4-3-5-8-18)19-22(20)13-6-14-24-19;/h3-5,7-12,23H,2,6,13-15H2,1H3;1H/q+1;/p-1. The van der Waals surface area contributed by atoms with Crippen molar-refractivity contribution in [3.8, 4) is 0 Å². The van der Waals surface area contributed by atoms with Crippen molar-refractivity contribution in [2.75, 3.05) is 23.7 Å². The molecule has 0 bridgehead atoms. The van der Waals surface area contributed by atoms with Gasteiger partial charge >= 0.3 is 5.17 Å². The molecule has 3 nitrogen and oxygen atoms in total. The molecule has 0 radical (unpaired) electrons. The first-order valence-corrected chi connectivity index (χ1v) is 9.63. The summed E-state index contributed by atoms with van der Waals surface area (Å²) in [5.41, 5.74) is 2.48. The van der Waals surface area contributed by atoms with Gasteiger partial charge in [-0.25, -0.2) is 9.48 Å². The molecule has 2 aliphatic rings. The van der Waals surface area contributed by atoms with Crippen LogP contribution in [0.15, 0.2) is 54.6 Å². The van der Waals surface area contributed by atoms with Crippen molar-refractivity contribution in [2.24, 2.45) is 0 Å². The number of thioether (sulfide) groups is 1. The molecule has 0 aliphatic carbocycles. The zero-order valence-corrected chi connectivity index (χ0v) is 16.8. The molecule has 0 spiro atoms. The molecule has 2 aromatic rings. The van der Waals surface area contributed by atoms with Crippen molar-refractivity contribution < 1.29 is 26.7 Å². The number of hydrogen-bond acceptors (Lipinski definition) is 3. The zero-order chi connectivity index (χ0) is 16.6. The monoisotopic (exact) mass is 418 g/mol. The molecule has 132 valence electrons. The minimum atomic E-state index is -0.954. The highest BCUT2D eigenvalue weighted by Crippen LogP contribution is 2.37. The predicted molar refractivity (Wildman–Crippen MR) is 101 cm³/mol. The summed E-state index contributed by atoms with van der Waals surface area (Å²) in [4.78, 5) is 2.26. The molecule has 1 atom stereocenters. The Bertz CT molecular complexity index is 763. The van der Waals surface area contributed by atoms with Gasteiger partial charge in [-0.3, -0.25) is 0 Å². The van der Waals surface area contributed by atoms with Crippen molar-refractivity contribution in [2.45, 2.75) is 25.5 Å². The second kappa shape index (κ2) is 7.52. The molecule has 25 heavy (non-hydrogen) atoms. The summed E-state index contributed by atoms with van der Waals surface area (Å²) in [5, 5.41) is 12.8. The van der Waals surface area contributed by atoms with Gasteiger partial charge in [-0.1, -0.05) is 49.4 Å². The van der Waals surface area contributed by atoms with E-state index in [9.17, 15) is 5.11 Å². The van der Waals surface area contributed by atoms with Crippen molar-refractivity contribution in [3.05, 3.63) is 65.7 Å². The first-order valence-electron chi connectivity index (χ1n) is 8.64. The van der Waals surface area contributed by atoms with E-state index >= 15 is 0 Å². The average Bonchev–Trinajstić information content (AvgIpc) is 2.97. The maximum Gasteiger partial charge on any atom is 0.316 e. The van der Waals surface area contributed by atoms with Crippen LogP contribution in [0.2, 0.25) is 0 Å². The van der Waals surface area contributed by atoms with Crippen LogP contribution < -0.4 is 21.9 Å². The fourth-order valence-electron chi connectivity index (χ4n) is 3.56. The van der Waals surface area contributed by atoms with Gasteiger partial charge in [-0.15, -0.1) is 0 Å². The molecule has 2 aliphatic heterocycles. The Morgan fingerprint density at radius 2 is 1.84 bits per heavy atom. The van der Waals surface area contributed by atoms with Gasteiger partial charge in [-0.05, 0) is 42.3 Å². The number of rotatable bonds is 3. The summed E-state index contributed by atoms with van der Waals surface area (Å²) in [5.74, 6) is 1.11. The first kappa shape index (κ1) is 18.5. The summed E-state index contributed by atoms with van der Waals surface area (Å²) in [6.45, 7) is 3.63. The summed E-state index contributed by atoms with van der Waals surface area (Å²) >= 11 is 1.85. The molecule has 0 aromatic heterocycles. The number of halogens is 1. The molecule has 0 saturated carbocycles. The third kappa shape index (κ3) is 3.25. The number of nitrogens with zero attached hydrogens (tertiary/aromatic N) is 2. The van der Waals surface area contributed by atoms with Crippen LogP contribution in [0.5, 0.6) is 0 Å². The zero-order valence-electron chi connectivity index (χ0n) is 14.4. The normalized spacial score (nSPS) is 22.6. The van der Waals surface area contributed by atoms with E-state index in [-0.39, 0.29) is 17.0 Å². The van der Waals surface area contributed by atoms with Crippen LogP contribution in [0.3, 0.4) is 0 Å². The topological polar surface area (TPSA) is 26.5 Å². The number of aliphatic hydroxyl groups is 1. The third-order valence-corrected chi connectivity index (χ3v) is 6.13. The van der Waals surface area contributed by atoms with E-state index in [0.717, 1.165) is 36.4 Å². The smallest absolute Gasteiger partial charge is 0.316 e. The average molecular weight is 419 g/mol. The number of hydrogen-bond donors (Lipinski definition) is 1. The summed E-state index contributed by atoms with van der Waals surface area (Å²) in [6.07, 6.45) is 2.12. The molecule has 1 N–H and O–H groups in total. The molecule has 2 aromatic carbocycles. The number of para-hydroxylation sites is 1. The van der Waals surface area contributed by atoms with Gasteiger partial charge in [0.15, 0.2) is 6.54 Å². The molecule has 4 rings (SSSR count). The van der Waals surface area contributed by atoms with E-state index in [1.54, 1.807) is 0 Å². The van der Waals surface area contributed by atoms with Crippen LogP contribution in [0.4, 0.5) is 5.69 Å². The van der Waals surface area contributed by atoms with E-state index in [1.807, 2.05) is 17.8 Å². The lowest BCUT2D eigenvalue weighted by atomic mass is 10.00. The molecule has 0 saturated heterocycles. The second-order valence-electron chi connectivity index (χ2n) is 6.43. The minimum Gasteiger partial charge on any atom is -1.00 e. The quantitative estimate of drug-likeness (QED) is 0.731. The summed E-state index contributed by atoms with van der Waals surface area (Å²) < 4.78 is 2.19. The van der Waals surface area contributed by atoms with Gasteiger partial charge in [0, 0.05) is 11.3 Å². The van der Waals surface area contributed by atoms with Crippen molar-refractivity contribution in [1.29, 1.82) is 0 Å². The SMILES string of the molecule is CCc1ccc(C2(O)CN(c3ccccc3)C3=[N+]2CCCS3)cc1.[Br-]. The van der Waals surface area contributed by atoms with Gasteiger partial charge in [0.2, 0.25) is 0 Å². The third-order valence-electron chi connectivity index (χ3n) is 4.94. The summed E-state index contributed by atoms with van der Waals surface area (Å²) in [7, 11) is 0. The van der Waals surface area contributed by atoms with Gasteiger partial charge in [0.05, 0.1) is 6.54 Å². The van der Waals surface area contributed by atoms with E-state index in [4.69, 9.17) is 0 Å². The lowest BCUT2D eigenvalue weighted by molar-refractivity contribution is -0.656. The highest BCUT2D eigenvalue weighted by Gasteiger charge is 2.53. The Morgan fingerprint density at radius 3 is 2.52 bits per heavy atom. The van der Waals surface area contributed by atoms with E-state index in [0.29, 0.717) is 6.54 Å². The first-order chi connectivity index (χ1) is 11.7. The molecule has 5 heteroatoms. The van der Waals surface area contributed by atoms with Crippen LogP contribution in [0.1, 0.15) is 24.5 Å². The Balaban J connectivity index is 0.00000182. The fraction of sp³-hybridized carbons (Fsp3) is 0.350. The van der Waals surface area contributed by atoms with Crippen molar-refractivity contribution in [1.82, 2.24) is 0 Å². The van der Waals surface area contributed by atoms with Crippen LogP contribution in [0, 0.1) is 0 Å². The van der Waals surface area contributed by atoms with Crippen LogP contribution in [-0.4, -0.2) is 33.7 Å². The Kier molecular flexibility index (Phi) is 5.56. The Hall–Kier alpha value is -1.30. The predicted octanol–water partition coefficient (Wildman–Crippen LogP) is 0.424. The molecular formula is C20H23BrN2OS. The lowest BCUT2D eigenvalue weighted by Gasteiger charge is -2.24. The van der Waals surface area contributed by atoms with Crippen LogP contribution in [-0.2, 0) is 12.1 Å². The second-order valence-corrected chi connectivity index (χ2v) is 7.49. The van der Waals surface area contributed by atoms with Gasteiger partial charge in [0.1, 0.15) is 5.69 Å². The number of amidine groups is 1. The number of benzene rings is 2. The van der Waals surface area contributed by atoms with E-state index < -0.39 is 5.72 Å². The van der Waals surface area contributed by atoms with E-state index in [2.05, 4.69) is 64.9 Å². The molecule has 1 unspecified atom stereocenters. The Labute approximate surface area is 164 Å². The van der Waals surface area contributed by atoms with Crippen molar-refractivity contribution in [3.63, 3.8) is 0 Å². The van der Waals surface area contributed by atoms with Gasteiger partial charge in [0.25, 0.3) is 5.72 Å². The lowest BCUT2D eigenvalue weighted by Crippen LogP contribution is -3.00. The highest BCUT2D eigenvalue weighted by atomic mass is 79.9. The van der Waals surface area contributed by atoms with Crippen LogP contribution in [0.25, 0.3) is 0 Å². The fourth-order valence-corrected chi connectivity index (χ4v) is 4.74. The summed E-state index contributed by atoms with van der Waals surface area (Å²) in [6, 6.07) is 18.8. The van der Waals surface area contributed by atoms with Gasteiger partial charge in [-0.2, -0.15) is 0 Å². The largest absolute Gasteiger partial charge is 1.00 e.